The number of sulfonamides is 1. The molecule has 7 nitrogen and oxygen atoms in total. The highest BCUT2D eigenvalue weighted by atomic mass is 32.2. The van der Waals surface area contributed by atoms with E-state index in [1.54, 1.807) is 18.2 Å². The third kappa shape index (κ3) is 5.49. The molecular weight excluding hydrogens is 503 g/mol. The number of pyridine rings is 1. The molecule has 1 N–H and O–H groups in total. The van der Waals surface area contributed by atoms with E-state index in [-0.39, 0.29) is 11.4 Å². The largest absolute Gasteiger partial charge is 0.417 e. The number of halogens is 3. The minimum Gasteiger partial charge on any atom is -0.357 e. The Bertz CT molecular complexity index is 1400. The van der Waals surface area contributed by atoms with Crippen LogP contribution in [0.2, 0.25) is 0 Å². The van der Waals surface area contributed by atoms with Crippen molar-refractivity contribution in [3.8, 4) is 0 Å². The first kappa shape index (κ1) is 25.1. The second kappa shape index (κ2) is 9.59. The molecule has 1 aliphatic rings. The van der Waals surface area contributed by atoms with Crippen LogP contribution in [0.1, 0.15) is 24.0 Å². The minimum atomic E-state index is -5.02. The Hall–Kier alpha value is -2.96. The summed E-state index contributed by atoms with van der Waals surface area (Å²) in [5.74, 6) is 0.743. The van der Waals surface area contributed by atoms with Crippen LogP contribution in [-0.4, -0.2) is 34.9 Å². The summed E-state index contributed by atoms with van der Waals surface area (Å²) < 4.78 is 94.7. The number of rotatable bonds is 7. The highest BCUT2D eigenvalue weighted by molar-refractivity contribution is 7.91. The van der Waals surface area contributed by atoms with Crippen molar-refractivity contribution in [1.29, 1.82) is 0 Å². The molecule has 3 aromatic rings. The van der Waals surface area contributed by atoms with Gasteiger partial charge in [0.15, 0.2) is 0 Å². The predicted octanol–water partition coefficient (Wildman–Crippen LogP) is 4.01. The molecule has 0 aliphatic carbocycles. The van der Waals surface area contributed by atoms with E-state index in [2.05, 4.69) is 14.6 Å². The standard InChI is InChI=1S/C23H22F3N3O4S2/c24-23(25,26)20-10-9-19(34(30,31)18-6-2-1-3-7-18)14-21(20)35(32,33)28-16-17-8-11-22(27-15-17)29-12-4-5-13-29/h1-3,6-11,14-15,28H,4-5,12-13,16H2. The van der Waals surface area contributed by atoms with E-state index in [0.29, 0.717) is 17.7 Å². The van der Waals surface area contributed by atoms with E-state index in [0.717, 1.165) is 37.8 Å². The average Bonchev–Trinajstić information content (AvgIpc) is 3.38. The van der Waals surface area contributed by atoms with Gasteiger partial charge in [-0.1, -0.05) is 24.3 Å². The van der Waals surface area contributed by atoms with Crippen LogP contribution in [0.4, 0.5) is 19.0 Å². The van der Waals surface area contributed by atoms with Gasteiger partial charge in [-0.3, -0.25) is 0 Å². The molecule has 0 spiro atoms. The van der Waals surface area contributed by atoms with E-state index in [1.807, 2.05) is 0 Å². The molecule has 12 heteroatoms. The maximum absolute atomic E-state index is 13.6. The summed E-state index contributed by atoms with van der Waals surface area (Å²) in [7, 11) is -8.97. The number of benzene rings is 2. The fourth-order valence-electron chi connectivity index (χ4n) is 3.77. The summed E-state index contributed by atoms with van der Waals surface area (Å²) in [4.78, 5) is 4.50. The number of nitrogens with zero attached hydrogens (tertiary/aromatic N) is 2. The van der Waals surface area contributed by atoms with Crippen molar-refractivity contribution >= 4 is 25.7 Å². The lowest BCUT2D eigenvalue weighted by Gasteiger charge is -2.17. The first-order chi connectivity index (χ1) is 16.5. The Morgan fingerprint density at radius 2 is 1.57 bits per heavy atom. The summed E-state index contributed by atoms with van der Waals surface area (Å²) in [5.41, 5.74) is -1.02. The van der Waals surface area contributed by atoms with Crippen LogP contribution in [0.15, 0.2) is 81.5 Å². The lowest BCUT2D eigenvalue weighted by Crippen LogP contribution is -2.26. The van der Waals surface area contributed by atoms with Crippen LogP contribution in [0, 0.1) is 0 Å². The second-order valence-electron chi connectivity index (χ2n) is 8.02. The molecular formula is C23H22F3N3O4S2. The summed E-state index contributed by atoms with van der Waals surface area (Å²) >= 11 is 0. The number of hydrogen-bond donors (Lipinski definition) is 1. The molecule has 1 aliphatic heterocycles. The molecule has 1 fully saturated rings. The second-order valence-corrected chi connectivity index (χ2v) is 11.7. The number of anilines is 1. The lowest BCUT2D eigenvalue weighted by atomic mass is 10.2. The lowest BCUT2D eigenvalue weighted by molar-refractivity contribution is -0.139. The molecule has 4 rings (SSSR count). The maximum Gasteiger partial charge on any atom is 0.417 e. The molecule has 2 heterocycles. The van der Waals surface area contributed by atoms with Gasteiger partial charge in [-0.05, 0) is 54.8 Å². The highest BCUT2D eigenvalue weighted by Gasteiger charge is 2.38. The zero-order valence-electron chi connectivity index (χ0n) is 18.4. The molecule has 0 radical (unpaired) electrons. The third-order valence-corrected chi connectivity index (χ3v) is 8.83. The SMILES string of the molecule is O=S(=O)(NCc1ccc(N2CCCC2)nc1)c1cc(S(=O)(=O)c2ccccc2)ccc1C(F)(F)F. The molecule has 0 atom stereocenters. The molecule has 2 aromatic carbocycles. The van der Waals surface area contributed by atoms with Gasteiger partial charge in [0.05, 0.1) is 20.2 Å². The Morgan fingerprint density at radius 3 is 2.17 bits per heavy atom. The van der Waals surface area contributed by atoms with Crippen molar-refractivity contribution in [2.45, 2.75) is 40.2 Å². The van der Waals surface area contributed by atoms with E-state index in [1.165, 1.54) is 30.5 Å². The van der Waals surface area contributed by atoms with Crippen molar-refractivity contribution in [2.24, 2.45) is 0 Å². The number of nitrogens with one attached hydrogen (secondary N) is 1. The zero-order chi connectivity index (χ0) is 25.3. The first-order valence-electron chi connectivity index (χ1n) is 10.7. The van der Waals surface area contributed by atoms with Gasteiger partial charge in [-0.25, -0.2) is 26.5 Å². The molecule has 0 unspecified atom stereocenters. The summed E-state index contributed by atoms with van der Waals surface area (Å²) in [6.07, 6.45) is -1.44. The predicted molar refractivity (Wildman–Crippen MR) is 123 cm³/mol. The molecule has 186 valence electrons. The summed E-state index contributed by atoms with van der Waals surface area (Å²) in [6.45, 7) is 1.44. The van der Waals surface area contributed by atoms with Crippen LogP contribution >= 0.6 is 0 Å². The van der Waals surface area contributed by atoms with Gasteiger partial charge < -0.3 is 4.90 Å². The van der Waals surface area contributed by atoms with Crippen LogP contribution in [0.5, 0.6) is 0 Å². The van der Waals surface area contributed by atoms with Crippen molar-refractivity contribution in [3.05, 3.63) is 78.0 Å². The topological polar surface area (TPSA) is 96.4 Å². The monoisotopic (exact) mass is 525 g/mol. The first-order valence-corrected chi connectivity index (χ1v) is 13.7. The third-order valence-electron chi connectivity index (χ3n) is 5.62. The fraction of sp³-hybridized carbons (Fsp3) is 0.261. The number of hydrogen-bond acceptors (Lipinski definition) is 6. The summed E-state index contributed by atoms with van der Waals surface area (Å²) in [6, 6.07) is 12.2. The van der Waals surface area contributed by atoms with Crippen LogP contribution in [0.3, 0.4) is 0 Å². The Labute approximate surface area is 201 Å². The van der Waals surface area contributed by atoms with Gasteiger partial charge in [0.1, 0.15) is 5.82 Å². The van der Waals surface area contributed by atoms with Crippen LogP contribution < -0.4 is 9.62 Å². The van der Waals surface area contributed by atoms with Gasteiger partial charge in [-0.2, -0.15) is 13.2 Å². The minimum absolute atomic E-state index is 0.166. The van der Waals surface area contributed by atoms with E-state index >= 15 is 0 Å². The van der Waals surface area contributed by atoms with Crippen molar-refractivity contribution in [2.75, 3.05) is 18.0 Å². The molecule has 1 aromatic heterocycles. The highest BCUT2D eigenvalue weighted by Crippen LogP contribution is 2.36. The number of alkyl halides is 3. The van der Waals surface area contributed by atoms with Gasteiger partial charge in [-0.15, -0.1) is 0 Å². The molecule has 35 heavy (non-hydrogen) atoms. The fourth-order valence-corrected chi connectivity index (χ4v) is 6.42. The molecule has 0 bridgehead atoms. The molecule has 0 amide bonds. The van der Waals surface area contributed by atoms with Gasteiger partial charge >= 0.3 is 6.18 Å². The number of aromatic nitrogens is 1. The van der Waals surface area contributed by atoms with Gasteiger partial charge in [0.2, 0.25) is 19.9 Å². The van der Waals surface area contributed by atoms with Crippen molar-refractivity contribution in [3.63, 3.8) is 0 Å². The Kier molecular flexibility index (Phi) is 6.89. The molecule has 1 saturated heterocycles. The normalized spacial score (nSPS) is 14.9. The Balaban J connectivity index is 1.64. The quantitative estimate of drug-likeness (QED) is 0.501. The van der Waals surface area contributed by atoms with E-state index < -0.39 is 41.4 Å². The average molecular weight is 526 g/mol. The van der Waals surface area contributed by atoms with Crippen LogP contribution in [0.25, 0.3) is 0 Å². The van der Waals surface area contributed by atoms with E-state index in [4.69, 9.17) is 0 Å². The number of sulfone groups is 1. The van der Waals surface area contributed by atoms with Crippen molar-refractivity contribution < 1.29 is 30.0 Å². The van der Waals surface area contributed by atoms with Crippen molar-refractivity contribution in [1.82, 2.24) is 9.71 Å². The summed E-state index contributed by atoms with van der Waals surface area (Å²) in [5, 5.41) is 0. The smallest absolute Gasteiger partial charge is 0.357 e. The van der Waals surface area contributed by atoms with Gasteiger partial charge in [0.25, 0.3) is 0 Å². The van der Waals surface area contributed by atoms with E-state index in [9.17, 15) is 30.0 Å². The zero-order valence-corrected chi connectivity index (χ0v) is 20.0. The van der Waals surface area contributed by atoms with Gasteiger partial charge in [0, 0.05) is 25.8 Å². The Morgan fingerprint density at radius 1 is 0.886 bits per heavy atom. The van der Waals surface area contributed by atoms with Crippen LogP contribution in [-0.2, 0) is 32.6 Å². The molecule has 0 saturated carbocycles. The maximum atomic E-state index is 13.6.